The van der Waals surface area contributed by atoms with Crippen LogP contribution in [0.15, 0.2) is 42.6 Å². The molecular formula is C27H31N3O3. The smallest absolute Gasteiger partial charge is 0.257 e. The number of aryl methyl sites for hydroxylation is 1. The van der Waals surface area contributed by atoms with Gasteiger partial charge < -0.3 is 20.1 Å². The molecule has 3 N–H and O–H groups in total. The number of amides is 1. The van der Waals surface area contributed by atoms with Crippen molar-refractivity contribution in [3.8, 4) is 17.6 Å². The van der Waals surface area contributed by atoms with Crippen molar-refractivity contribution in [2.45, 2.75) is 38.3 Å². The lowest BCUT2D eigenvalue weighted by atomic mass is 9.97. The Morgan fingerprint density at radius 1 is 1.27 bits per heavy atom. The van der Waals surface area contributed by atoms with E-state index in [1.54, 1.807) is 6.07 Å². The van der Waals surface area contributed by atoms with E-state index in [1.165, 1.54) is 0 Å². The molecule has 172 valence electrons. The highest BCUT2D eigenvalue weighted by Crippen LogP contribution is 2.31. The molecule has 1 amide bonds. The van der Waals surface area contributed by atoms with Crippen LogP contribution in [0.2, 0.25) is 0 Å². The molecule has 1 aromatic heterocycles. The molecule has 0 radical (unpaired) electrons. The van der Waals surface area contributed by atoms with Crippen molar-refractivity contribution in [3.05, 3.63) is 64.8 Å². The first kappa shape index (κ1) is 22.9. The van der Waals surface area contributed by atoms with E-state index in [0.29, 0.717) is 24.5 Å². The summed E-state index contributed by atoms with van der Waals surface area (Å²) in [7, 11) is 3.93. The second-order valence-electron chi connectivity index (χ2n) is 8.85. The summed E-state index contributed by atoms with van der Waals surface area (Å²) in [6.07, 6.45) is 3.62. The summed E-state index contributed by atoms with van der Waals surface area (Å²) >= 11 is 0. The van der Waals surface area contributed by atoms with E-state index in [1.807, 2.05) is 62.4 Å². The number of carbonyl (C=O) groups is 1. The highest BCUT2D eigenvalue weighted by molar-refractivity contribution is 5.98. The molecule has 4 rings (SSSR count). The molecule has 33 heavy (non-hydrogen) atoms. The molecule has 3 aromatic rings. The van der Waals surface area contributed by atoms with Crippen molar-refractivity contribution >= 4 is 16.8 Å². The number of nitrogens with zero attached hydrogens (tertiary/aromatic N) is 1. The van der Waals surface area contributed by atoms with Crippen molar-refractivity contribution in [1.29, 1.82) is 0 Å². The number of benzene rings is 2. The van der Waals surface area contributed by atoms with Gasteiger partial charge in [-0.3, -0.25) is 9.69 Å². The number of hydrogen-bond donors (Lipinski definition) is 3. The largest absolute Gasteiger partial charge is 0.492 e. The van der Waals surface area contributed by atoms with Crippen LogP contribution in [0.4, 0.5) is 0 Å². The fourth-order valence-electron chi connectivity index (χ4n) is 4.16. The maximum absolute atomic E-state index is 13.3. The number of H-pyrrole nitrogens is 1. The zero-order chi connectivity index (χ0) is 23.4. The van der Waals surface area contributed by atoms with Crippen LogP contribution >= 0.6 is 0 Å². The lowest BCUT2D eigenvalue weighted by molar-refractivity contribution is 0.0724. The summed E-state index contributed by atoms with van der Waals surface area (Å²) in [5, 5.41) is 14.7. The Balaban J connectivity index is 1.60. The SMILES string of the molecule is CC(c1c[nH]c2ccccc12)[C@@H](O)NC(=O)c1cc(C#CCN(C)C)cc2c1OCCCC2. The molecule has 2 heterocycles. The second-order valence-corrected chi connectivity index (χ2v) is 8.85. The lowest BCUT2D eigenvalue weighted by Crippen LogP contribution is -2.38. The van der Waals surface area contributed by atoms with E-state index in [0.717, 1.165) is 46.9 Å². The Hall–Kier alpha value is -3.27. The molecule has 0 spiro atoms. The second kappa shape index (κ2) is 10.1. The maximum atomic E-state index is 13.3. The first-order valence-electron chi connectivity index (χ1n) is 11.4. The maximum Gasteiger partial charge on any atom is 0.257 e. The number of fused-ring (bicyclic) bond motifs is 2. The van der Waals surface area contributed by atoms with Crippen molar-refractivity contribution in [2.24, 2.45) is 0 Å². The minimum Gasteiger partial charge on any atom is -0.492 e. The summed E-state index contributed by atoms with van der Waals surface area (Å²) < 4.78 is 5.97. The van der Waals surface area contributed by atoms with Gasteiger partial charge in [0.05, 0.1) is 18.7 Å². The lowest BCUT2D eigenvalue weighted by Gasteiger charge is -2.21. The molecule has 0 aliphatic carbocycles. The van der Waals surface area contributed by atoms with Gasteiger partial charge in [-0.25, -0.2) is 0 Å². The summed E-state index contributed by atoms with van der Waals surface area (Å²) in [6, 6.07) is 11.7. The minimum atomic E-state index is -1.05. The normalized spacial score (nSPS) is 15.1. The van der Waals surface area contributed by atoms with Crippen LogP contribution in [0.5, 0.6) is 5.75 Å². The monoisotopic (exact) mass is 445 g/mol. The first-order chi connectivity index (χ1) is 15.9. The molecule has 1 aliphatic heterocycles. The predicted molar refractivity (Wildman–Crippen MR) is 130 cm³/mol. The van der Waals surface area contributed by atoms with Crippen molar-refractivity contribution in [2.75, 3.05) is 27.2 Å². The molecule has 0 saturated heterocycles. The van der Waals surface area contributed by atoms with E-state index in [4.69, 9.17) is 4.74 Å². The molecule has 1 aliphatic rings. The number of para-hydroxylation sites is 1. The van der Waals surface area contributed by atoms with Crippen LogP contribution < -0.4 is 10.1 Å². The molecule has 0 bridgehead atoms. The van der Waals surface area contributed by atoms with Crippen molar-refractivity contribution in [1.82, 2.24) is 15.2 Å². The number of nitrogens with one attached hydrogen (secondary N) is 2. The van der Waals surface area contributed by atoms with Crippen LogP contribution in [0, 0.1) is 11.8 Å². The van der Waals surface area contributed by atoms with Crippen LogP contribution in [0.3, 0.4) is 0 Å². The van der Waals surface area contributed by atoms with Gasteiger partial charge in [-0.1, -0.05) is 37.0 Å². The Bertz CT molecular complexity index is 1200. The van der Waals surface area contributed by atoms with E-state index in [-0.39, 0.29) is 11.8 Å². The zero-order valence-electron chi connectivity index (χ0n) is 19.4. The van der Waals surface area contributed by atoms with Gasteiger partial charge in [0.25, 0.3) is 5.91 Å². The number of aromatic nitrogens is 1. The van der Waals surface area contributed by atoms with Gasteiger partial charge in [-0.15, -0.1) is 0 Å². The molecule has 2 aromatic carbocycles. The van der Waals surface area contributed by atoms with Crippen molar-refractivity contribution < 1.29 is 14.6 Å². The van der Waals surface area contributed by atoms with Gasteiger partial charge in [0.15, 0.2) is 0 Å². The van der Waals surface area contributed by atoms with Crippen molar-refractivity contribution in [3.63, 3.8) is 0 Å². The summed E-state index contributed by atoms with van der Waals surface area (Å²) in [5.41, 5.74) is 4.16. The minimum absolute atomic E-state index is 0.298. The van der Waals surface area contributed by atoms with E-state index in [9.17, 15) is 9.90 Å². The third-order valence-corrected chi connectivity index (χ3v) is 5.99. The number of aromatic amines is 1. The highest BCUT2D eigenvalue weighted by atomic mass is 16.5. The van der Waals surface area contributed by atoms with Crippen LogP contribution in [-0.2, 0) is 6.42 Å². The fraction of sp³-hybridized carbons (Fsp3) is 0.370. The van der Waals surface area contributed by atoms with E-state index < -0.39 is 6.23 Å². The van der Waals surface area contributed by atoms with Gasteiger partial charge in [0, 0.05) is 28.6 Å². The van der Waals surface area contributed by atoms with Crippen LogP contribution in [0.25, 0.3) is 10.9 Å². The quantitative estimate of drug-likeness (QED) is 0.414. The van der Waals surface area contributed by atoms with Gasteiger partial charge in [0.1, 0.15) is 12.0 Å². The number of hydrogen-bond acceptors (Lipinski definition) is 4. The number of aliphatic hydroxyl groups excluding tert-OH is 1. The van der Waals surface area contributed by atoms with Gasteiger partial charge in [-0.05, 0) is 62.7 Å². The predicted octanol–water partition coefficient (Wildman–Crippen LogP) is 3.65. The van der Waals surface area contributed by atoms with E-state index in [2.05, 4.69) is 22.1 Å². The molecule has 6 nitrogen and oxygen atoms in total. The standard InChI is InChI=1S/C27H31N3O3/c1-18(23-17-28-24-12-5-4-11-21(23)24)26(31)29-27(32)22-16-19(9-8-13-30(2)3)15-20-10-6-7-14-33-25(20)22/h4-5,11-12,15-18,26,28,31H,6-7,10,13-14H2,1-3H3,(H,29,32)/t18?,26-/m1/s1. The average Bonchev–Trinajstić information content (AvgIpc) is 3.08. The number of rotatable bonds is 5. The summed E-state index contributed by atoms with van der Waals surface area (Å²) in [4.78, 5) is 18.5. The van der Waals surface area contributed by atoms with Crippen LogP contribution in [-0.4, -0.2) is 54.4 Å². The Morgan fingerprint density at radius 2 is 2.09 bits per heavy atom. The molecule has 2 atom stereocenters. The molecule has 1 unspecified atom stereocenters. The average molecular weight is 446 g/mol. The third-order valence-electron chi connectivity index (χ3n) is 5.99. The van der Waals surface area contributed by atoms with Gasteiger partial charge >= 0.3 is 0 Å². The molecule has 6 heteroatoms. The first-order valence-corrected chi connectivity index (χ1v) is 11.4. The Morgan fingerprint density at radius 3 is 2.91 bits per heavy atom. The van der Waals surface area contributed by atoms with Gasteiger partial charge in [0.2, 0.25) is 0 Å². The summed E-state index contributed by atoms with van der Waals surface area (Å²) in [5.74, 6) is 6.25. The third kappa shape index (κ3) is 5.22. The fourth-order valence-corrected chi connectivity index (χ4v) is 4.16. The number of aliphatic hydroxyl groups is 1. The summed E-state index contributed by atoms with van der Waals surface area (Å²) in [6.45, 7) is 3.11. The number of ether oxygens (including phenoxy) is 1. The Kier molecular flexibility index (Phi) is 7.02. The molecular weight excluding hydrogens is 414 g/mol. The Labute approximate surface area is 194 Å². The molecule has 0 fully saturated rings. The zero-order valence-corrected chi connectivity index (χ0v) is 19.4. The van der Waals surface area contributed by atoms with Gasteiger partial charge in [-0.2, -0.15) is 0 Å². The highest BCUT2D eigenvalue weighted by Gasteiger charge is 2.25. The molecule has 0 saturated carbocycles. The number of carbonyl (C=O) groups excluding carboxylic acids is 1. The topological polar surface area (TPSA) is 77.6 Å². The van der Waals surface area contributed by atoms with E-state index >= 15 is 0 Å². The van der Waals surface area contributed by atoms with Crippen LogP contribution in [0.1, 0.15) is 52.7 Å².